The highest BCUT2D eigenvalue weighted by atomic mass is 19.1. The number of nitrogens with two attached hydrogens (primary N) is 1. The van der Waals surface area contributed by atoms with Crippen LogP contribution in [0.3, 0.4) is 0 Å². The van der Waals surface area contributed by atoms with Gasteiger partial charge in [0, 0.05) is 12.5 Å². The lowest BCUT2D eigenvalue weighted by Gasteiger charge is -2.27. The molecule has 1 saturated carbocycles. The third-order valence-electron chi connectivity index (χ3n) is 3.61. The molecule has 1 saturated heterocycles. The molecular formula is C11H18F2N2O. The molecule has 0 radical (unpaired) electrons. The summed E-state index contributed by atoms with van der Waals surface area (Å²) >= 11 is 0. The molecule has 2 fully saturated rings. The highest BCUT2D eigenvalue weighted by Crippen LogP contribution is 2.28. The van der Waals surface area contributed by atoms with Crippen LogP contribution in [0.25, 0.3) is 0 Å². The lowest BCUT2D eigenvalue weighted by molar-refractivity contribution is -0.136. The largest absolute Gasteiger partial charge is 0.338 e. The Hall–Kier alpha value is -0.710. The lowest BCUT2D eigenvalue weighted by Crippen LogP contribution is -2.37. The van der Waals surface area contributed by atoms with E-state index in [4.69, 9.17) is 5.73 Å². The normalized spacial score (nSPS) is 40.1. The molecule has 2 rings (SSSR count). The zero-order valence-corrected chi connectivity index (χ0v) is 9.24. The van der Waals surface area contributed by atoms with Crippen LogP contribution in [-0.4, -0.2) is 42.3 Å². The number of nitrogens with zero attached hydrogens (tertiary/aromatic N) is 1. The van der Waals surface area contributed by atoms with Crippen LogP contribution < -0.4 is 5.73 Å². The Morgan fingerprint density at radius 1 is 1.12 bits per heavy atom. The molecule has 2 N–H and O–H groups in total. The van der Waals surface area contributed by atoms with Gasteiger partial charge in [-0.25, -0.2) is 8.78 Å². The standard InChI is InChI=1S/C11H18F2N2O/c12-8-3-1-7(2-4-8)11(16)15-5-9(13)10(14)6-15/h7-10H,1-6,14H2/t7?,8?,9?,10-/m1/s1. The molecule has 0 spiro atoms. The van der Waals surface area contributed by atoms with Crippen LogP contribution in [0.15, 0.2) is 0 Å². The summed E-state index contributed by atoms with van der Waals surface area (Å²) in [5.74, 6) is -0.160. The number of hydrogen-bond acceptors (Lipinski definition) is 2. The van der Waals surface area contributed by atoms with Gasteiger partial charge in [-0.1, -0.05) is 0 Å². The summed E-state index contributed by atoms with van der Waals surface area (Å²) in [6.45, 7) is 0.408. The maximum absolute atomic E-state index is 13.2. The van der Waals surface area contributed by atoms with Gasteiger partial charge >= 0.3 is 0 Å². The van der Waals surface area contributed by atoms with Crippen molar-refractivity contribution in [3.05, 3.63) is 0 Å². The average Bonchev–Trinajstić information content (AvgIpc) is 2.59. The lowest BCUT2D eigenvalue weighted by atomic mass is 9.87. The van der Waals surface area contributed by atoms with E-state index < -0.39 is 18.4 Å². The molecule has 1 heterocycles. The predicted octanol–water partition coefficient (Wildman–Crippen LogP) is 1.02. The number of carbonyl (C=O) groups excluding carboxylic acids is 1. The minimum Gasteiger partial charge on any atom is -0.338 e. The van der Waals surface area contributed by atoms with Crippen LogP contribution >= 0.6 is 0 Å². The highest BCUT2D eigenvalue weighted by Gasteiger charge is 2.36. The molecule has 1 amide bonds. The summed E-state index contributed by atoms with van der Waals surface area (Å²) in [6, 6.07) is -0.554. The van der Waals surface area contributed by atoms with Crippen molar-refractivity contribution in [1.29, 1.82) is 0 Å². The smallest absolute Gasteiger partial charge is 0.225 e. The topological polar surface area (TPSA) is 46.3 Å². The summed E-state index contributed by atoms with van der Waals surface area (Å²) in [6.07, 6.45) is 0.205. The van der Waals surface area contributed by atoms with Gasteiger partial charge in [-0.15, -0.1) is 0 Å². The Labute approximate surface area is 94.0 Å². The third-order valence-corrected chi connectivity index (χ3v) is 3.61. The van der Waals surface area contributed by atoms with Crippen molar-refractivity contribution < 1.29 is 13.6 Å². The number of carbonyl (C=O) groups is 1. The van der Waals surface area contributed by atoms with E-state index in [1.54, 1.807) is 0 Å². The molecule has 1 aliphatic heterocycles. The summed E-state index contributed by atoms with van der Waals surface area (Å²) in [5, 5.41) is 0. The van der Waals surface area contributed by atoms with Crippen LogP contribution in [0.1, 0.15) is 25.7 Å². The molecule has 0 aromatic carbocycles. The maximum Gasteiger partial charge on any atom is 0.225 e. The summed E-state index contributed by atoms with van der Waals surface area (Å²) < 4.78 is 26.1. The maximum atomic E-state index is 13.2. The second-order valence-corrected chi connectivity index (χ2v) is 4.87. The minimum absolute atomic E-state index is 0.0394. The quantitative estimate of drug-likeness (QED) is 0.733. The van der Waals surface area contributed by atoms with Crippen molar-refractivity contribution >= 4 is 5.91 Å². The monoisotopic (exact) mass is 232 g/mol. The first-order valence-corrected chi connectivity index (χ1v) is 5.90. The SMILES string of the molecule is N[C@@H]1CN(C(=O)C2CCC(F)CC2)CC1F. The molecule has 92 valence electrons. The van der Waals surface area contributed by atoms with Crippen molar-refractivity contribution in [2.24, 2.45) is 11.7 Å². The van der Waals surface area contributed by atoms with Gasteiger partial charge in [0.1, 0.15) is 12.3 Å². The summed E-state index contributed by atoms with van der Waals surface area (Å²) in [7, 11) is 0. The zero-order chi connectivity index (χ0) is 11.7. The van der Waals surface area contributed by atoms with Crippen molar-refractivity contribution in [2.45, 2.75) is 44.1 Å². The van der Waals surface area contributed by atoms with Crippen molar-refractivity contribution in [1.82, 2.24) is 4.90 Å². The zero-order valence-electron chi connectivity index (χ0n) is 9.24. The first kappa shape index (κ1) is 11.8. The predicted molar refractivity (Wildman–Crippen MR) is 56.3 cm³/mol. The third kappa shape index (κ3) is 2.34. The van der Waals surface area contributed by atoms with Crippen LogP contribution in [0.5, 0.6) is 0 Å². The number of amides is 1. The van der Waals surface area contributed by atoms with E-state index in [2.05, 4.69) is 0 Å². The molecule has 1 unspecified atom stereocenters. The van der Waals surface area contributed by atoms with Gasteiger partial charge in [-0.05, 0) is 25.7 Å². The summed E-state index contributed by atoms with van der Waals surface area (Å²) in [5.41, 5.74) is 5.53. The molecule has 5 heteroatoms. The number of halogens is 2. The molecule has 16 heavy (non-hydrogen) atoms. The number of likely N-dealkylation sites (tertiary alicyclic amines) is 1. The second-order valence-electron chi connectivity index (χ2n) is 4.87. The highest BCUT2D eigenvalue weighted by molar-refractivity contribution is 5.79. The van der Waals surface area contributed by atoms with Gasteiger partial charge in [0.2, 0.25) is 5.91 Å². The first-order chi connectivity index (χ1) is 7.58. The van der Waals surface area contributed by atoms with Crippen LogP contribution in [0.2, 0.25) is 0 Å². The fourth-order valence-electron chi connectivity index (χ4n) is 2.53. The Balaban J connectivity index is 1.88. The van der Waals surface area contributed by atoms with Crippen LogP contribution in [0, 0.1) is 5.92 Å². The molecule has 3 nitrogen and oxygen atoms in total. The number of rotatable bonds is 1. The van der Waals surface area contributed by atoms with Gasteiger partial charge in [0.05, 0.1) is 12.6 Å². The first-order valence-electron chi connectivity index (χ1n) is 5.90. The van der Waals surface area contributed by atoms with Gasteiger partial charge in [0.15, 0.2) is 0 Å². The van der Waals surface area contributed by atoms with E-state index in [0.29, 0.717) is 32.2 Å². The molecule has 2 atom stereocenters. The fourth-order valence-corrected chi connectivity index (χ4v) is 2.53. The number of hydrogen-bond donors (Lipinski definition) is 1. The van der Waals surface area contributed by atoms with E-state index in [0.717, 1.165) is 0 Å². The van der Waals surface area contributed by atoms with E-state index >= 15 is 0 Å². The van der Waals surface area contributed by atoms with E-state index in [-0.39, 0.29) is 18.4 Å². The van der Waals surface area contributed by atoms with Gasteiger partial charge < -0.3 is 10.6 Å². The van der Waals surface area contributed by atoms with Crippen molar-refractivity contribution in [3.8, 4) is 0 Å². The molecule has 1 aliphatic carbocycles. The molecule has 2 aliphatic rings. The van der Waals surface area contributed by atoms with E-state index in [1.807, 2.05) is 0 Å². The molecule has 0 bridgehead atoms. The summed E-state index contributed by atoms with van der Waals surface area (Å²) in [4.78, 5) is 13.5. The van der Waals surface area contributed by atoms with E-state index in [1.165, 1.54) is 4.90 Å². The second kappa shape index (κ2) is 4.65. The molecule has 0 aromatic heterocycles. The van der Waals surface area contributed by atoms with Crippen LogP contribution in [0.4, 0.5) is 8.78 Å². The van der Waals surface area contributed by atoms with E-state index in [9.17, 15) is 13.6 Å². The van der Waals surface area contributed by atoms with Crippen molar-refractivity contribution in [3.63, 3.8) is 0 Å². The van der Waals surface area contributed by atoms with Gasteiger partial charge in [-0.2, -0.15) is 0 Å². The Bertz CT molecular complexity index is 257. The van der Waals surface area contributed by atoms with Gasteiger partial charge in [0.25, 0.3) is 0 Å². The minimum atomic E-state index is -1.11. The molecule has 0 aromatic rings. The fraction of sp³-hybridized carbons (Fsp3) is 0.909. The Kier molecular flexibility index (Phi) is 3.42. The van der Waals surface area contributed by atoms with Crippen LogP contribution in [-0.2, 0) is 4.79 Å². The Morgan fingerprint density at radius 2 is 1.75 bits per heavy atom. The average molecular weight is 232 g/mol. The van der Waals surface area contributed by atoms with Crippen molar-refractivity contribution in [2.75, 3.05) is 13.1 Å². The van der Waals surface area contributed by atoms with Gasteiger partial charge in [-0.3, -0.25) is 4.79 Å². The number of alkyl halides is 2. The molecular weight excluding hydrogens is 214 g/mol. The Morgan fingerprint density at radius 3 is 2.25 bits per heavy atom.